The lowest BCUT2D eigenvalue weighted by Crippen LogP contribution is -2.41. The number of rotatable bonds is 6. The van der Waals surface area contributed by atoms with Crippen molar-refractivity contribution in [2.45, 2.75) is 6.42 Å². The van der Waals surface area contributed by atoms with Crippen LogP contribution < -0.4 is 9.80 Å². The largest absolute Gasteiger partial charge is 0.312 e. The van der Waals surface area contributed by atoms with E-state index in [2.05, 4.69) is 4.98 Å². The Morgan fingerprint density at radius 2 is 1.94 bits per heavy atom. The van der Waals surface area contributed by atoms with Crippen LogP contribution in [0.15, 0.2) is 42.5 Å². The number of likely N-dealkylation sites (N-methyl/N-ethyl adjacent to an activating group) is 1. The first kappa shape index (κ1) is 21.3. The quantitative estimate of drug-likeness (QED) is 0.584. The monoisotopic (exact) mass is 444 g/mol. The highest BCUT2D eigenvalue weighted by molar-refractivity contribution is 7.22. The van der Waals surface area contributed by atoms with Gasteiger partial charge in [-0.05, 0) is 32.3 Å². The van der Waals surface area contributed by atoms with Crippen molar-refractivity contribution in [1.82, 2.24) is 9.88 Å². The van der Waals surface area contributed by atoms with E-state index in [0.717, 1.165) is 23.1 Å². The number of nitrogens with zero attached hydrogens (tertiary/aromatic N) is 4. The zero-order chi connectivity index (χ0) is 22.1. The molecule has 2 amide bonds. The van der Waals surface area contributed by atoms with Gasteiger partial charge in [-0.1, -0.05) is 29.5 Å². The van der Waals surface area contributed by atoms with Gasteiger partial charge in [0, 0.05) is 37.8 Å². The number of amides is 2. The molecule has 1 fully saturated rings. The maximum Gasteiger partial charge on any atom is 0.234 e. The topological polar surface area (TPSA) is 56.8 Å². The molecule has 2 aromatic carbocycles. The SMILES string of the molecule is CN(C)CCN(C(=O)C1CC(=O)N(c2ccccc2)C1)c1nc2c(F)cc(F)cc2s1. The van der Waals surface area contributed by atoms with Crippen LogP contribution in [0.4, 0.5) is 19.6 Å². The number of aromatic nitrogens is 1. The molecule has 0 aliphatic carbocycles. The highest BCUT2D eigenvalue weighted by atomic mass is 32.1. The first-order valence-electron chi connectivity index (χ1n) is 9.90. The molecule has 1 aliphatic rings. The lowest BCUT2D eigenvalue weighted by atomic mass is 10.1. The van der Waals surface area contributed by atoms with Crippen LogP contribution in [0.5, 0.6) is 0 Å². The molecule has 3 aromatic rings. The third-order valence-electron chi connectivity index (χ3n) is 5.21. The van der Waals surface area contributed by atoms with Crippen LogP contribution in [0.2, 0.25) is 0 Å². The summed E-state index contributed by atoms with van der Waals surface area (Å²) >= 11 is 1.07. The molecule has 0 saturated carbocycles. The van der Waals surface area contributed by atoms with Crippen molar-refractivity contribution in [3.8, 4) is 0 Å². The predicted octanol–water partition coefficient (Wildman–Crippen LogP) is 3.52. The Morgan fingerprint density at radius 1 is 1.19 bits per heavy atom. The minimum Gasteiger partial charge on any atom is -0.312 e. The molecule has 0 N–H and O–H groups in total. The Morgan fingerprint density at radius 3 is 2.65 bits per heavy atom. The van der Waals surface area contributed by atoms with E-state index < -0.39 is 17.6 Å². The van der Waals surface area contributed by atoms with Gasteiger partial charge in [0.2, 0.25) is 11.8 Å². The Labute approximate surface area is 182 Å². The molecule has 0 bridgehead atoms. The second-order valence-corrected chi connectivity index (χ2v) is 8.77. The van der Waals surface area contributed by atoms with Crippen LogP contribution in [0.3, 0.4) is 0 Å². The zero-order valence-electron chi connectivity index (χ0n) is 17.2. The van der Waals surface area contributed by atoms with Gasteiger partial charge in [0.15, 0.2) is 10.9 Å². The standard InChI is InChI=1S/C22H22F2N4O2S/c1-26(2)8-9-27(22-25-20-17(24)11-15(23)12-18(20)31-22)21(30)14-10-19(29)28(13-14)16-6-4-3-5-7-16/h3-7,11-12,14H,8-10,13H2,1-2H3. The molecule has 162 valence electrons. The fourth-order valence-corrected chi connectivity index (χ4v) is 4.65. The van der Waals surface area contributed by atoms with Gasteiger partial charge in [0.05, 0.1) is 10.6 Å². The van der Waals surface area contributed by atoms with Crippen LogP contribution in [-0.2, 0) is 9.59 Å². The van der Waals surface area contributed by atoms with Crippen molar-refractivity contribution in [2.24, 2.45) is 5.92 Å². The fraction of sp³-hybridized carbons (Fsp3) is 0.318. The van der Waals surface area contributed by atoms with Crippen molar-refractivity contribution in [3.63, 3.8) is 0 Å². The number of benzene rings is 2. The van der Waals surface area contributed by atoms with Crippen molar-refractivity contribution in [3.05, 3.63) is 54.1 Å². The van der Waals surface area contributed by atoms with Crippen LogP contribution in [0.1, 0.15) is 6.42 Å². The van der Waals surface area contributed by atoms with Crippen LogP contribution >= 0.6 is 11.3 Å². The second-order valence-electron chi connectivity index (χ2n) is 7.76. The van der Waals surface area contributed by atoms with Crippen molar-refractivity contribution in [2.75, 3.05) is 43.5 Å². The van der Waals surface area contributed by atoms with Crippen LogP contribution in [0, 0.1) is 17.6 Å². The number of hydrogen-bond donors (Lipinski definition) is 0. The number of carbonyl (C=O) groups is 2. The van der Waals surface area contributed by atoms with Gasteiger partial charge < -0.3 is 9.80 Å². The molecule has 1 aliphatic heterocycles. The summed E-state index contributed by atoms with van der Waals surface area (Å²) in [4.78, 5) is 35.3. The summed E-state index contributed by atoms with van der Waals surface area (Å²) in [6.45, 7) is 1.15. The smallest absolute Gasteiger partial charge is 0.234 e. The Hall–Kier alpha value is -2.91. The number of carbonyl (C=O) groups excluding carboxylic acids is 2. The zero-order valence-corrected chi connectivity index (χ0v) is 18.0. The number of fused-ring (bicyclic) bond motifs is 1. The van der Waals surface area contributed by atoms with E-state index in [-0.39, 0.29) is 30.3 Å². The minimum atomic E-state index is -0.760. The predicted molar refractivity (Wildman–Crippen MR) is 117 cm³/mol. The second kappa shape index (κ2) is 8.68. The number of anilines is 2. The van der Waals surface area contributed by atoms with E-state index in [0.29, 0.717) is 22.9 Å². The van der Waals surface area contributed by atoms with Crippen LogP contribution in [-0.4, -0.2) is 55.4 Å². The van der Waals surface area contributed by atoms with E-state index in [4.69, 9.17) is 0 Å². The maximum atomic E-state index is 14.2. The van der Waals surface area contributed by atoms with Crippen LogP contribution in [0.25, 0.3) is 10.2 Å². The average molecular weight is 445 g/mol. The van der Waals surface area contributed by atoms with E-state index in [9.17, 15) is 18.4 Å². The summed E-state index contributed by atoms with van der Waals surface area (Å²) in [5.41, 5.74) is 0.789. The van der Waals surface area contributed by atoms with E-state index in [1.165, 1.54) is 11.0 Å². The first-order chi connectivity index (χ1) is 14.8. The fourth-order valence-electron chi connectivity index (χ4n) is 3.61. The van der Waals surface area contributed by atoms with E-state index in [1.807, 2.05) is 49.3 Å². The molecular formula is C22H22F2N4O2S. The van der Waals surface area contributed by atoms with Gasteiger partial charge in [-0.15, -0.1) is 0 Å². The summed E-state index contributed by atoms with van der Waals surface area (Å²) in [7, 11) is 3.76. The summed E-state index contributed by atoms with van der Waals surface area (Å²) < 4.78 is 28.1. The molecular weight excluding hydrogens is 422 g/mol. The summed E-state index contributed by atoms with van der Waals surface area (Å²) in [6.07, 6.45) is 0.0973. The Bertz CT molecular complexity index is 1120. The summed E-state index contributed by atoms with van der Waals surface area (Å²) in [5.74, 6) is -2.35. The van der Waals surface area contributed by atoms with Gasteiger partial charge >= 0.3 is 0 Å². The number of halogens is 2. The molecule has 1 atom stereocenters. The molecule has 0 radical (unpaired) electrons. The molecule has 2 heterocycles. The average Bonchev–Trinajstić information content (AvgIpc) is 3.32. The van der Waals surface area contributed by atoms with Gasteiger partial charge in [0.25, 0.3) is 0 Å². The highest BCUT2D eigenvalue weighted by Crippen LogP contribution is 2.33. The van der Waals surface area contributed by atoms with Crippen molar-refractivity contribution in [1.29, 1.82) is 0 Å². The summed E-state index contributed by atoms with van der Waals surface area (Å²) in [5, 5.41) is 0.303. The molecule has 4 rings (SSSR count). The molecule has 0 spiro atoms. The van der Waals surface area contributed by atoms with Gasteiger partial charge in [-0.3, -0.25) is 14.5 Å². The third kappa shape index (κ3) is 4.42. The molecule has 9 heteroatoms. The third-order valence-corrected chi connectivity index (χ3v) is 6.24. The van der Waals surface area contributed by atoms with Gasteiger partial charge in [-0.2, -0.15) is 0 Å². The normalized spacial score (nSPS) is 16.5. The number of thiazole rings is 1. The highest BCUT2D eigenvalue weighted by Gasteiger charge is 2.38. The molecule has 6 nitrogen and oxygen atoms in total. The van der Waals surface area contributed by atoms with E-state index in [1.54, 1.807) is 4.90 Å². The van der Waals surface area contributed by atoms with E-state index >= 15 is 0 Å². The lowest BCUT2D eigenvalue weighted by Gasteiger charge is -2.24. The van der Waals surface area contributed by atoms with Crippen molar-refractivity contribution < 1.29 is 18.4 Å². The molecule has 31 heavy (non-hydrogen) atoms. The first-order valence-corrected chi connectivity index (χ1v) is 10.7. The molecule has 1 saturated heterocycles. The number of para-hydroxylation sites is 1. The number of hydrogen-bond acceptors (Lipinski definition) is 5. The van der Waals surface area contributed by atoms with Gasteiger partial charge in [-0.25, -0.2) is 13.8 Å². The van der Waals surface area contributed by atoms with Crippen molar-refractivity contribution >= 4 is 44.2 Å². The lowest BCUT2D eigenvalue weighted by molar-refractivity contribution is -0.124. The Kier molecular flexibility index (Phi) is 5.97. The maximum absolute atomic E-state index is 14.2. The summed E-state index contributed by atoms with van der Waals surface area (Å²) in [6, 6.07) is 11.2. The Balaban J connectivity index is 1.63. The molecule has 1 aromatic heterocycles. The minimum absolute atomic E-state index is 0.0393. The van der Waals surface area contributed by atoms with Gasteiger partial charge in [0.1, 0.15) is 11.3 Å². The molecule has 1 unspecified atom stereocenters.